The van der Waals surface area contributed by atoms with Crippen molar-refractivity contribution in [1.29, 1.82) is 5.41 Å². The Labute approximate surface area is 216 Å². The zero-order valence-corrected chi connectivity index (χ0v) is 22.2. The molecular weight excluding hydrogens is 482 g/mol. The zero-order valence-electron chi connectivity index (χ0n) is 22.2. The van der Waals surface area contributed by atoms with Crippen LogP contribution >= 0.6 is 0 Å². The average Bonchev–Trinajstić information content (AvgIpc) is 3.24. The molecule has 13 heteroatoms. The van der Waals surface area contributed by atoms with E-state index >= 15 is 0 Å². The predicted molar refractivity (Wildman–Crippen MR) is 135 cm³/mol. The van der Waals surface area contributed by atoms with Gasteiger partial charge in [0, 0.05) is 18.7 Å². The van der Waals surface area contributed by atoms with E-state index in [-0.39, 0.29) is 30.4 Å². The van der Waals surface area contributed by atoms with Crippen molar-refractivity contribution in [2.75, 3.05) is 0 Å². The van der Waals surface area contributed by atoms with Crippen molar-refractivity contribution < 1.29 is 28.5 Å². The molecule has 0 aliphatic rings. The van der Waals surface area contributed by atoms with Crippen LogP contribution in [0.4, 0.5) is 0 Å². The number of aromatic nitrogens is 1. The summed E-state index contributed by atoms with van der Waals surface area (Å²) in [5.41, 5.74) is 5.17. The summed E-state index contributed by atoms with van der Waals surface area (Å²) in [6.45, 7) is 10.3. The lowest BCUT2D eigenvalue weighted by molar-refractivity contribution is -0.133. The lowest BCUT2D eigenvalue weighted by atomic mass is 9.99. The van der Waals surface area contributed by atoms with E-state index in [1.165, 1.54) is 13.0 Å². The van der Waals surface area contributed by atoms with E-state index in [1.807, 2.05) is 13.8 Å². The van der Waals surface area contributed by atoms with Crippen molar-refractivity contribution in [2.45, 2.75) is 85.0 Å². The molecule has 1 aromatic heterocycles. The van der Waals surface area contributed by atoms with Crippen LogP contribution in [0.2, 0.25) is 0 Å². The standard InChI is InChI=1S/C24H39N7O6/c1-12(2)9-17(22(34)28-16(11-25)7-8-19(26)32)29-24(36)20(13(3)4)30-21(33)15(6)27-23(35)18-10-14(5)37-31-18/h10-13,15-17,20,25H,7-9H2,1-6H3,(H2,26,32)(H,27,35)(H,28,34)(H,29,36)(H,30,33)/t15-,16-,17-,20-/m0/s1. The van der Waals surface area contributed by atoms with Gasteiger partial charge in [0.15, 0.2) is 5.69 Å². The molecule has 1 heterocycles. The number of nitrogens with two attached hydrogens (primary N) is 1. The van der Waals surface area contributed by atoms with Crippen LogP contribution in [0.15, 0.2) is 10.6 Å². The monoisotopic (exact) mass is 521 g/mol. The summed E-state index contributed by atoms with van der Waals surface area (Å²) in [5.74, 6) is -2.68. The van der Waals surface area contributed by atoms with Crippen molar-refractivity contribution in [3.63, 3.8) is 0 Å². The maximum Gasteiger partial charge on any atom is 0.274 e. The van der Waals surface area contributed by atoms with E-state index in [2.05, 4.69) is 26.4 Å². The molecule has 0 aromatic carbocycles. The summed E-state index contributed by atoms with van der Waals surface area (Å²) in [6, 6.07) is -2.19. The van der Waals surface area contributed by atoms with Gasteiger partial charge in [0.2, 0.25) is 23.6 Å². The SMILES string of the molecule is Cc1cc(C(=O)N[C@@H](C)C(=O)N[C@H](C(=O)N[C@@H](CC(C)C)C(=O)N[C@H](C=N)CCC(N)=O)C(C)C)no1. The second-order valence-corrected chi connectivity index (χ2v) is 9.73. The predicted octanol–water partition coefficient (Wildman–Crippen LogP) is 0.173. The Morgan fingerprint density at radius 3 is 2.14 bits per heavy atom. The summed E-state index contributed by atoms with van der Waals surface area (Å²) in [5, 5.41) is 21.6. The molecule has 206 valence electrons. The van der Waals surface area contributed by atoms with Gasteiger partial charge in [-0.3, -0.25) is 24.0 Å². The number of carbonyl (C=O) groups is 5. The van der Waals surface area contributed by atoms with Crippen LogP contribution in [0, 0.1) is 24.2 Å². The fourth-order valence-corrected chi connectivity index (χ4v) is 3.37. The van der Waals surface area contributed by atoms with Gasteiger partial charge in [0.1, 0.15) is 23.9 Å². The number of amides is 5. The fraction of sp³-hybridized carbons (Fsp3) is 0.625. The van der Waals surface area contributed by atoms with Crippen LogP contribution < -0.4 is 27.0 Å². The molecule has 0 unspecified atom stereocenters. The third-order valence-electron chi connectivity index (χ3n) is 5.42. The van der Waals surface area contributed by atoms with Crippen LogP contribution in [0.3, 0.4) is 0 Å². The summed E-state index contributed by atoms with van der Waals surface area (Å²) >= 11 is 0. The second kappa shape index (κ2) is 14.7. The highest BCUT2D eigenvalue weighted by Gasteiger charge is 2.31. The summed E-state index contributed by atoms with van der Waals surface area (Å²) in [7, 11) is 0. The molecule has 4 atom stereocenters. The van der Waals surface area contributed by atoms with Gasteiger partial charge in [-0.05, 0) is 38.5 Å². The zero-order chi connectivity index (χ0) is 28.3. The molecule has 0 bridgehead atoms. The minimum absolute atomic E-state index is 0.00598. The summed E-state index contributed by atoms with van der Waals surface area (Å²) in [4.78, 5) is 62.1. The van der Waals surface area contributed by atoms with Gasteiger partial charge in [-0.15, -0.1) is 0 Å². The van der Waals surface area contributed by atoms with Crippen LogP contribution in [0.25, 0.3) is 0 Å². The van der Waals surface area contributed by atoms with Gasteiger partial charge in [-0.2, -0.15) is 0 Å². The minimum atomic E-state index is -0.989. The van der Waals surface area contributed by atoms with Gasteiger partial charge in [-0.1, -0.05) is 32.9 Å². The smallest absolute Gasteiger partial charge is 0.274 e. The number of primary amides is 1. The third kappa shape index (κ3) is 10.8. The molecule has 13 nitrogen and oxygen atoms in total. The maximum absolute atomic E-state index is 13.1. The van der Waals surface area contributed by atoms with E-state index in [4.69, 9.17) is 15.7 Å². The topological polar surface area (TPSA) is 209 Å². The van der Waals surface area contributed by atoms with Gasteiger partial charge in [0.05, 0.1) is 6.04 Å². The molecule has 0 saturated heterocycles. The Bertz CT molecular complexity index is 975. The Kier molecular flexibility index (Phi) is 12.4. The Hall–Kier alpha value is -3.77. The molecule has 0 aliphatic carbocycles. The Balaban J connectivity index is 2.87. The van der Waals surface area contributed by atoms with Crippen molar-refractivity contribution in [3.8, 4) is 0 Å². The maximum atomic E-state index is 13.1. The van der Waals surface area contributed by atoms with Crippen molar-refractivity contribution in [2.24, 2.45) is 17.6 Å². The molecule has 0 aliphatic heterocycles. The second-order valence-electron chi connectivity index (χ2n) is 9.73. The number of nitrogens with one attached hydrogen (secondary N) is 5. The number of carbonyl (C=O) groups excluding carboxylic acids is 5. The molecule has 7 N–H and O–H groups in total. The number of aryl methyl sites for hydroxylation is 1. The molecular formula is C24H39N7O6. The first kappa shape index (κ1) is 31.3. The number of hydrogen-bond acceptors (Lipinski definition) is 8. The summed E-state index contributed by atoms with van der Waals surface area (Å²) < 4.78 is 4.86. The largest absolute Gasteiger partial charge is 0.370 e. The number of nitrogens with zero attached hydrogens (tertiary/aromatic N) is 1. The van der Waals surface area contributed by atoms with Crippen LogP contribution in [0.1, 0.15) is 70.1 Å². The number of rotatable bonds is 15. The van der Waals surface area contributed by atoms with Crippen molar-refractivity contribution >= 4 is 35.8 Å². The van der Waals surface area contributed by atoms with E-state index in [0.29, 0.717) is 12.2 Å². The first-order chi connectivity index (χ1) is 17.2. The van der Waals surface area contributed by atoms with Crippen LogP contribution in [-0.4, -0.2) is 65.1 Å². The van der Waals surface area contributed by atoms with Crippen molar-refractivity contribution in [1.82, 2.24) is 26.4 Å². The molecule has 0 saturated carbocycles. The fourth-order valence-electron chi connectivity index (χ4n) is 3.37. The number of hydrogen-bond donors (Lipinski definition) is 6. The third-order valence-corrected chi connectivity index (χ3v) is 5.42. The molecule has 0 radical (unpaired) electrons. The summed E-state index contributed by atoms with van der Waals surface area (Å²) in [6.07, 6.45) is 1.46. The first-order valence-electron chi connectivity index (χ1n) is 12.2. The van der Waals surface area contributed by atoms with Crippen LogP contribution in [-0.2, 0) is 19.2 Å². The molecule has 1 aromatic rings. The highest BCUT2D eigenvalue weighted by molar-refractivity contribution is 5.97. The molecule has 5 amide bonds. The van der Waals surface area contributed by atoms with Gasteiger partial charge < -0.3 is 36.9 Å². The van der Waals surface area contributed by atoms with E-state index < -0.39 is 53.7 Å². The van der Waals surface area contributed by atoms with Crippen molar-refractivity contribution in [3.05, 3.63) is 17.5 Å². The molecule has 1 rings (SSSR count). The lowest BCUT2D eigenvalue weighted by Crippen LogP contribution is -2.58. The normalized spacial score (nSPS) is 14.3. The molecule has 0 spiro atoms. The molecule has 0 fully saturated rings. The average molecular weight is 522 g/mol. The van der Waals surface area contributed by atoms with Gasteiger partial charge in [0.25, 0.3) is 5.91 Å². The Morgan fingerprint density at radius 1 is 1.00 bits per heavy atom. The van der Waals surface area contributed by atoms with Crippen LogP contribution in [0.5, 0.6) is 0 Å². The lowest BCUT2D eigenvalue weighted by Gasteiger charge is -2.27. The van der Waals surface area contributed by atoms with Gasteiger partial charge >= 0.3 is 0 Å². The van der Waals surface area contributed by atoms with E-state index in [0.717, 1.165) is 6.21 Å². The minimum Gasteiger partial charge on any atom is -0.370 e. The highest BCUT2D eigenvalue weighted by Crippen LogP contribution is 2.09. The molecule has 37 heavy (non-hydrogen) atoms. The quantitative estimate of drug-likeness (QED) is 0.176. The Morgan fingerprint density at radius 2 is 1.65 bits per heavy atom. The highest BCUT2D eigenvalue weighted by atomic mass is 16.5. The van der Waals surface area contributed by atoms with E-state index in [1.54, 1.807) is 20.8 Å². The first-order valence-corrected chi connectivity index (χ1v) is 12.2. The van der Waals surface area contributed by atoms with E-state index in [9.17, 15) is 24.0 Å². The van der Waals surface area contributed by atoms with Gasteiger partial charge in [-0.25, -0.2) is 0 Å².